The van der Waals surface area contributed by atoms with E-state index in [1.807, 2.05) is 48.5 Å². The summed E-state index contributed by atoms with van der Waals surface area (Å²) in [6.45, 7) is 4.55. The van der Waals surface area contributed by atoms with Crippen molar-refractivity contribution in [2.75, 3.05) is 33.2 Å². The molecule has 3 rings (SSSR count). The van der Waals surface area contributed by atoms with E-state index in [4.69, 9.17) is 11.6 Å². The van der Waals surface area contributed by atoms with E-state index in [-0.39, 0.29) is 5.91 Å². The highest BCUT2D eigenvalue weighted by Gasteiger charge is 2.36. The van der Waals surface area contributed by atoms with Crippen molar-refractivity contribution in [1.82, 2.24) is 10.6 Å². The Hall–Kier alpha value is -2.41. The maximum absolute atomic E-state index is 12.8. The first kappa shape index (κ1) is 20.3. The quantitative estimate of drug-likeness (QED) is 0.560. The van der Waals surface area contributed by atoms with Gasteiger partial charge in [-0.15, -0.1) is 0 Å². The molecular formula is C21H27ClN4O2+2. The number of hydrogen-bond acceptors (Lipinski definition) is 2. The first-order valence-electron chi connectivity index (χ1n) is 9.57. The smallest absolute Gasteiger partial charge is 0.321 e. The fourth-order valence-electron chi connectivity index (χ4n) is 3.79. The number of piperazine rings is 1. The van der Waals surface area contributed by atoms with Gasteiger partial charge in [0, 0.05) is 23.2 Å². The normalized spacial score (nSPS) is 20.2. The molecule has 6 nitrogen and oxygen atoms in total. The highest BCUT2D eigenvalue weighted by molar-refractivity contribution is 6.30. The van der Waals surface area contributed by atoms with Gasteiger partial charge in [0.15, 0.2) is 6.04 Å². The van der Waals surface area contributed by atoms with Crippen molar-refractivity contribution in [3.05, 3.63) is 70.7 Å². The van der Waals surface area contributed by atoms with Crippen LogP contribution in [0.15, 0.2) is 54.6 Å². The van der Waals surface area contributed by atoms with Gasteiger partial charge in [-0.3, -0.25) is 10.1 Å². The van der Waals surface area contributed by atoms with Crippen molar-refractivity contribution in [2.24, 2.45) is 0 Å². The Balaban J connectivity index is 1.67. The summed E-state index contributed by atoms with van der Waals surface area (Å²) in [5, 5.41) is 5.66. The Bertz CT molecular complexity index is 807. The van der Waals surface area contributed by atoms with Gasteiger partial charge in [-0.1, -0.05) is 54.1 Å². The highest BCUT2D eigenvalue weighted by atomic mass is 35.5. The molecule has 1 aliphatic heterocycles. The van der Waals surface area contributed by atoms with Crippen LogP contribution < -0.4 is 20.4 Å². The lowest BCUT2D eigenvalue weighted by Crippen LogP contribution is -3.28. The van der Waals surface area contributed by atoms with Gasteiger partial charge in [-0.05, 0) is 12.1 Å². The summed E-state index contributed by atoms with van der Waals surface area (Å²) < 4.78 is 0. The fourth-order valence-corrected chi connectivity index (χ4v) is 4.00. The number of carbonyl (C=O) groups excluding carboxylic acids is 2. The standard InChI is InChI=1S/C21H25ClN4O2/c1-23-21(28)24-20(27)19(17-7-3-2-4-8-17)26-12-10-25(11-13-26)15-16-6-5-9-18(22)14-16/h2-9,14,19H,10-13,15H2,1H3,(H2,23,24,27,28)/p+2/t19-/m0/s1. The van der Waals surface area contributed by atoms with Gasteiger partial charge >= 0.3 is 6.03 Å². The molecule has 0 aliphatic carbocycles. The number of urea groups is 1. The average molecular weight is 403 g/mol. The van der Waals surface area contributed by atoms with E-state index >= 15 is 0 Å². The van der Waals surface area contributed by atoms with Crippen LogP contribution in [0, 0.1) is 0 Å². The summed E-state index contributed by atoms with van der Waals surface area (Å²) in [6, 6.07) is 16.8. The fraction of sp³-hybridized carbons (Fsp3) is 0.333. The summed E-state index contributed by atoms with van der Waals surface area (Å²) in [5.41, 5.74) is 2.15. The third-order valence-corrected chi connectivity index (χ3v) is 5.44. The Labute approximate surface area is 170 Å². The number of halogens is 1. The molecule has 0 unspecified atom stereocenters. The molecule has 7 heteroatoms. The largest absolute Gasteiger partial charge is 0.341 e. The molecule has 1 heterocycles. The number of quaternary nitrogens is 2. The summed E-state index contributed by atoms with van der Waals surface area (Å²) in [5.74, 6) is -0.265. The van der Waals surface area contributed by atoms with Crippen molar-refractivity contribution < 1.29 is 19.4 Å². The predicted molar refractivity (Wildman–Crippen MR) is 108 cm³/mol. The van der Waals surface area contributed by atoms with Gasteiger partial charge in [0.1, 0.15) is 32.7 Å². The molecule has 1 aliphatic rings. The van der Waals surface area contributed by atoms with Crippen molar-refractivity contribution in [3.8, 4) is 0 Å². The lowest BCUT2D eigenvalue weighted by atomic mass is 10.0. The van der Waals surface area contributed by atoms with Crippen molar-refractivity contribution in [1.29, 1.82) is 0 Å². The molecule has 0 bridgehead atoms. The number of carbonyl (C=O) groups is 2. The van der Waals surface area contributed by atoms with Crippen molar-refractivity contribution in [3.63, 3.8) is 0 Å². The Morgan fingerprint density at radius 3 is 2.39 bits per heavy atom. The van der Waals surface area contributed by atoms with Gasteiger partial charge in [0.2, 0.25) is 0 Å². The third-order valence-electron chi connectivity index (χ3n) is 5.21. The Morgan fingerprint density at radius 1 is 1.04 bits per heavy atom. The number of hydrogen-bond donors (Lipinski definition) is 4. The maximum atomic E-state index is 12.8. The molecule has 2 aromatic carbocycles. The van der Waals surface area contributed by atoms with Crippen LogP contribution in [0.3, 0.4) is 0 Å². The highest BCUT2D eigenvalue weighted by Crippen LogP contribution is 2.11. The van der Waals surface area contributed by atoms with Crippen LogP contribution in [0.25, 0.3) is 0 Å². The summed E-state index contributed by atoms with van der Waals surface area (Å²) in [7, 11) is 1.50. The van der Waals surface area contributed by atoms with E-state index in [9.17, 15) is 9.59 Å². The first-order valence-corrected chi connectivity index (χ1v) is 9.94. The average Bonchev–Trinajstić information content (AvgIpc) is 2.70. The summed E-state index contributed by atoms with van der Waals surface area (Å²) in [4.78, 5) is 27.1. The zero-order valence-electron chi connectivity index (χ0n) is 16.0. The lowest BCUT2D eigenvalue weighted by Gasteiger charge is -2.34. The molecule has 0 aromatic heterocycles. The van der Waals surface area contributed by atoms with Gasteiger partial charge in [-0.2, -0.15) is 0 Å². The van der Waals surface area contributed by atoms with E-state index in [2.05, 4.69) is 16.7 Å². The van der Waals surface area contributed by atoms with Crippen LogP contribution in [0.4, 0.5) is 4.79 Å². The van der Waals surface area contributed by atoms with Crippen LogP contribution in [0.5, 0.6) is 0 Å². The van der Waals surface area contributed by atoms with Crippen LogP contribution in [0.2, 0.25) is 5.02 Å². The Morgan fingerprint density at radius 2 is 1.75 bits per heavy atom. The molecule has 148 valence electrons. The molecule has 1 atom stereocenters. The van der Waals surface area contributed by atoms with Crippen LogP contribution in [-0.4, -0.2) is 45.2 Å². The third kappa shape index (κ3) is 5.32. The minimum atomic E-state index is -0.476. The number of nitrogens with one attached hydrogen (secondary N) is 4. The minimum Gasteiger partial charge on any atom is -0.341 e. The molecule has 1 saturated heterocycles. The maximum Gasteiger partial charge on any atom is 0.321 e. The van der Waals surface area contributed by atoms with Crippen molar-refractivity contribution >= 4 is 23.5 Å². The predicted octanol–water partition coefficient (Wildman–Crippen LogP) is -0.180. The van der Waals surface area contributed by atoms with Gasteiger partial charge < -0.3 is 15.1 Å². The molecule has 0 saturated carbocycles. The number of benzene rings is 2. The van der Waals surface area contributed by atoms with Gasteiger partial charge in [0.05, 0.1) is 0 Å². The molecule has 2 aromatic rings. The van der Waals surface area contributed by atoms with Gasteiger partial charge in [-0.25, -0.2) is 4.79 Å². The first-order chi connectivity index (χ1) is 13.6. The van der Waals surface area contributed by atoms with E-state index in [1.165, 1.54) is 22.4 Å². The second kappa shape index (κ2) is 9.68. The number of imide groups is 1. The number of amides is 3. The second-order valence-corrected chi connectivity index (χ2v) is 7.56. The zero-order chi connectivity index (χ0) is 19.9. The lowest BCUT2D eigenvalue weighted by molar-refractivity contribution is -1.03. The van der Waals surface area contributed by atoms with Crippen molar-refractivity contribution in [2.45, 2.75) is 12.6 Å². The van der Waals surface area contributed by atoms with E-state index in [1.54, 1.807) is 0 Å². The molecule has 1 fully saturated rings. The minimum absolute atomic E-state index is 0.265. The summed E-state index contributed by atoms with van der Waals surface area (Å²) >= 11 is 6.09. The molecular weight excluding hydrogens is 376 g/mol. The number of rotatable bonds is 5. The zero-order valence-corrected chi connectivity index (χ0v) is 16.8. The van der Waals surface area contributed by atoms with E-state index in [0.29, 0.717) is 0 Å². The van der Waals surface area contributed by atoms with Gasteiger partial charge in [0.25, 0.3) is 5.91 Å². The molecule has 4 N–H and O–H groups in total. The monoisotopic (exact) mass is 402 g/mol. The Kier molecular flexibility index (Phi) is 7.03. The topological polar surface area (TPSA) is 67.1 Å². The summed E-state index contributed by atoms with van der Waals surface area (Å²) in [6.07, 6.45) is 0. The van der Waals surface area contributed by atoms with Crippen LogP contribution in [-0.2, 0) is 11.3 Å². The SMILES string of the molecule is CNC(=O)NC(=O)[C@H](c1ccccc1)[NH+]1CC[NH+](Cc2cccc(Cl)c2)CC1. The van der Waals surface area contributed by atoms with Crippen LogP contribution in [0.1, 0.15) is 17.2 Å². The molecule has 28 heavy (non-hydrogen) atoms. The second-order valence-electron chi connectivity index (χ2n) is 7.13. The van der Waals surface area contributed by atoms with E-state index in [0.717, 1.165) is 43.3 Å². The molecule has 0 radical (unpaired) electrons. The van der Waals surface area contributed by atoms with Crippen LogP contribution >= 0.6 is 11.6 Å². The molecule has 3 amide bonds. The van der Waals surface area contributed by atoms with E-state index < -0.39 is 12.1 Å². The molecule has 0 spiro atoms.